The summed E-state index contributed by atoms with van der Waals surface area (Å²) in [5.41, 5.74) is 1.48. The Morgan fingerprint density at radius 2 is 2.27 bits per heavy atom. The number of aryl methyl sites for hydroxylation is 1. The van der Waals surface area contributed by atoms with Crippen LogP contribution in [0.3, 0.4) is 0 Å². The highest BCUT2D eigenvalue weighted by Crippen LogP contribution is 2.35. The van der Waals surface area contributed by atoms with E-state index in [1.54, 1.807) is 0 Å². The molecule has 2 nitrogen and oxygen atoms in total. The van der Waals surface area contributed by atoms with Crippen molar-refractivity contribution in [2.24, 2.45) is 0 Å². The molecule has 0 aromatic heterocycles. The first-order chi connectivity index (χ1) is 7.13. The number of benzene rings is 1. The van der Waals surface area contributed by atoms with Crippen molar-refractivity contribution in [3.05, 3.63) is 33.8 Å². The van der Waals surface area contributed by atoms with Crippen LogP contribution in [0.2, 0.25) is 0 Å². The fourth-order valence-corrected chi connectivity index (χ4v) is 3.16. The molecule has 0 bridgehead atoms. The van der Waals surface area contributed by atoms with Crippen molar-refractivity contribution in [1.82, 2.24) is 5.32 Å². The zero-order valence-corrected chi connectivity index (χ0v) is 10.5. The first kappa shape index (κ1) is 11.1. The molecule has 1 fully saturated rings. The van der Waals surface area contributed by atoms with Gasteiger partial charge in [-0.25, -0.2) is 0 Å². The predicted octanol–water partition coefficient (Wildman–Crippen LogP) is 2.33. The van der Waals surface area contributed by atoms with E-state index in [1.807, 2.05) is 25.1 Å². The van der Waals surface area contributed by atoms with Crippen LogP contribution < -0.4 is 5.32 Å². The van der Waals surface area contributed by atoms with Crippen molar-refractivity contribution in [2.45, 2.75) is 25.4 Å². The molecule has 1 aliphatic rings. The molecule has 1 saturated heterocycles. The summed E-state index contributed by atoms with van der Waals surface area (Å²) in [6.07, 6.45) is 1.86. The minimum Gasteiger partial charge on any atom is -0.384 e. The highest BCUT2D eigenvalue weighted by atomic mass is 79.9. The second-order valence-electron chi connectivity index (χ2n) is 4.24. The maximum Gasteiger partial charge on any atom is 0.103 e. The van der Waals surface area contributed by atoms with Crippen LogP contribution in [0.1, 0.15) is 24.0 Å². The van der Waals surface area contributed by atoms with Crippen LogP contribution in [0.15, 0.2) is 22.7 Å². The van der Waals surface area contributed by atoms with Crippen LogP contribution in [-0.2, 0) is 5.60 Å². The summed E-state index contributed by atoms with van der Waals surface area (Å²) in [6.45, 7) is 3.70. The van der Waals surface area contributed by atoms with Crippen LogP contribution in [0.5, 0.6) is 0 Å². The van der Waals surface area contributed by atoms with Gasteiger partial charge in [-0.15, -0.1) is 0 Å². The third-order valence-corrected chi connectivity index (χ3v) is 3.71. The Bertz CT molecular complexity index is 338. The van der Waals surface area contributed by atoms with Crippen LogP contribution in [0.4, 0.5) is 0 Å². The van der Waals surface area contributed by atoms with Gasteiger partial charge in [0.25, 0.3) is 0 Å². The Morgan fingerprint density at radius 3 is 2.87 bits per heavy atom. The summed E-state index contributed by atoms with van der Waals surface area (Å²) < 4.78 is 1.01. The van der Waals surface area contributed by atoms with E-state index in [4.69, 9.17) is 0 Å². The van der Waals surface area contributed by atoms with Gasteiger partial charge >= 0.3 is 0 Å². The molecular weight excluding hydrogens is 254 g/mol. The van der Waals surface area contributed by atoms with Crippen molar-refractivity contribution in [3.63, 3.8) is 0 Å². The Morgan fingerprint density at radius 1 is 1.47 bits per heavy atom. The molecule has 1 aliphatic heterocycles. The van der Waals surface area contributed by atoms with Gasteiger partial charge in [0.2, 0.25) is 0 Å². The molecule has 3 heteroatoms. The Hall–Kier alpha value is -0.380. The third kappa shape index (κ3) is 2.10. The molecule has 82 valence electrons. The second-order valence-corrected chi connectivity index (χ2v) is 5.10. The standard InChI is InChI=1S/C12H16BrNO/c1-9-4-2-5-10(13)11(9)12(15)6-3-7-14-8-12/h2,4-5,14-15H,3,6-8H2,1H3. The summed E-state index contributed by atoms with van der Waals surface area (Å²) in [5, 5.41) is 13.9. The average Bonchev–Trinajstić information content (AvgIpc) is 2.18. The minimum atomic E-state index is -0.706. The first-order valence-corrected chi connectivity index (χ1v) is 6.11. The zero-order valence-electron chi connectivity index (χ0n) is 8.89. The third-order valence-electron chi connectivity index (χ3n) is 3.05. The Balaban J connectivity index is 2.42. The molecule has 0 amide bonds. The summed E-state index contributed by atoms with van der Waals surface area (Å²) in [5.74, 6) is 0. The molecule has 0 spiro atoms. The van der Waals surface area contributed by atoms with Gasteiger partial charge in [0.05, 0.1) is 0 Å². The molecule has 0 radical (unpaired) electrons. The number of rotatable bonds is 1. The molecule has 1 aromatic carbocycles. The summed E-state index contributed by atoms with van der Waals surface area (Å²) in [7, 11) is 0. The number of aliphatic hydroxyl groups is 1. The lowest BCUT2D eigenvalue weighted by molar-refractivity contribution is 0.0111. The highest BCUT2D eigenvalue weighted by molar-refractivity contribution is 9.10. The van der Waals surface area contributed by atoms with Crippen molar-refractivity contribution < 1.29 is 5.11 Å². The Kier molecular flexibility index (Phi) is 3.14. The van der Waals surface area contributed by atoms with Crippen molar-refractivity contribution in [1.29, 1.82) is 0 Å². The number of halogens is 1. The van der Waals surface area contributed by atoms with Gasteiger partial charge in [-0.3, -0.25) is 0 Å². The van der Waals surface area contributed by atoms with Gasteiger partial charge in [0.1, 0.15) is 5.60 Å². The first-order valence-electron chi connectivity index (χ1n) is 5.32. The molecule has 0 saturated carbocycles. The Labute approximate surface area is 98.8 Å². The number of hydrogen-bond donors (Lipinski definition) is 2. The number of piperidine rings is 1. The van der Waals surface area contributed by atoms with Crippen LogP contribution in [0, 0.1) is 6.92 Å². The van der Waals surface area contributed by atoms with Gasteiger partial charge in [0, 0.05) is 16.6 Å². The topological polar surface area (TPSA) is 32.3 Å². The van der Waals surface area contributed by atoms with E-state index in [0.717, 1.165) is 35.0 Å². The van der Waals surface area contributed by atoms with Gasteiger partial charge < -0.3 is 10.4 Å². The summed E-state index contributed by atoms with van der Waals surface area (Å²) in [6, 6.07) is 6.05. The van der Waals surface area contributed by atoms with Gasteiger partial charge in [-0.1, -0.05) is 28.1 Å². The van der Waals surface area contributed by atoms with E-state index >= 15 is 0 Å². The highest BCUT2D eigenvalue weighted by Gasteiger charge is 2.33. The monoisotopic (exact) mass is 269 g/mol. The van der Waals surface area contributed by atoms with Crippen LogP contribution in [-0.4, -0.2) is 18.2 Å². The van der Waals surface area contributed by atoms with Crippen LogP contribution >= 0.6 is 15.9 Å². The lowest BCUT2D eigenvalue weighted by Crippen LogP contribution is -2.43. The lowest BCUT2D eigenvalue weighted by Gasteiger charge is -2.35. The molecule has 1 unspecified atom stereocenters. The maximum atomic E-state index is 10.6. The molecule has 1 aromatic rings. The quantitative estimate of drug-likeness (QED) is 0.821. The molecule has 1 heterocycles. The van der Waals surface area contributed by atoms with E-state index < -0.39 is 5.60 Å². The molecule has 2 N–H and O–H groups in total. The maximum absolute atomic E-state index is 10.6. The largest absolute Gasteiger partial charge is 0.384 e. The summed E-state index contributed by atoms with van der Waals surface area (Å²) in [4.78, 5) is 0. The fraction of sp³-hybridized carbons (Fsp3) is 0.500. The zero-order chi connectivity index (χ0) is 10.9. The van der Waals surface area contributed by atoms with Crippen molar-refractivity contribution >= 4 is 15.9 Å². The van der Waals surface area contributed by atoms with E-state index in [9.17, 15) is 5.11 Å². The van der Waals surface area contributed by atoms with Gasteiger partial charge in [-0.2, -0.15) is 0 Å². The average molecular weight is 270 g/mol. The molecule has 1 atom stereocenters. The molecular formula is C12H16BrNO. The number of β-amino-alcohol motifs (C(OH)–C–C–N with tert-alkyl or cyclic N) is 1. The van der Waals surface area contributed by atoms with E-state index in [1.165, 1.54) is 0 Å². The van der Waals surface area contributed by atoms with Gasteiger partial charge in [0.15, 0.2) is 0 Å². The summed E-state index contributed by atoms with van der Waals surface area (Å²) >= 11 is 3.53. The normalized spacial score (nSPS) is 26.6. The SMILES string of the molecule is Cc1cccc(Br)c1C1(O)CCCNC1. The van der Waals surface area contributed by atoms with E-state index in [2.05, 4.69) is 21.2 Å². The smallest absolute Gasteiger partial charge is 0.103 e. The molecule has 2 rings (SSSR count). The van der Waals surface area contributed by atoms with Crippen LogP contribution in [0.25, 0.3) is 0 Å². The second kappa shape index (κ2) is 4.24. The number of hydrogen-bond acceptors (Lipinski definition) is 2. The van der Waals surface area contributed by atoms with E-state index in [-0.39, 0.29) is 0 Å². The molecule has 0 aliphatic carbocycles. The lowest BCUT2D eigenvalue weighted by atomic mass is 9.84. The van der Waals surface area contributed by atoms with Gasteiger partial charge in [-0.05, 0) is 37.9 Å². The fourth-order valence-electron chi connectivity index (χ4n) is 2.32. The van der Waals surface area contributed by atoms with Crippen molar-refractivity contribution in [3.8, 4) is 0 Å². The van der Waals surface area contributed by atoms with Crippen molar-refractivity contribution in [2.75, 3.05) is 13.1 Å². The van der Waals surface area contributed by atoms with E-state index in [0.29, 0.717) is 6.54 Å². The molecule has 15 heavy (non-hydrogen) atoms. The minimum absolute atomic E-state index is 0.649. The number of nitrogens with one attached hydrogen (secondary N) is 1. The predicted molar refractivity (Wildman–Crippen MR) is 64.9 cm³/mol.